The molecule has 2 rings (SSSR count). The van der Waals surface area contributed by atoms with E-state index in [1.807, 2.05) is 0 Å². The number of aliphatic hydroxyl groups is 1. The van der Waals surface area contributed by atoms with Crippen LogP contribution in [0, 0.1) is 5.92 Å². The number of urea groups is 1. The average molecular weight is 374 g/mol. The topological polar surface area (TPSA) is 134 Å². The molecule has 1 fully saturated rings. The number of carbonyl (C=O) groups excluding carboxylic acids is 3. The lowest BCUT2D eigenvalue weighted by Gasteiger charge is -2.31. The molecule has 1 aromatic rings. The molecule has 8 nitrogen and oxygen atoms in total. The molecule has 0 radical (unpaired) electrons. The van der Waals surface area contributed by atoms with E-state index in [9.17, 15) is 19.5 Å². The summed E-state index contributed by atoms with van der Waals surface area (Å²) in [5, 5.41) is 17.2. The van der Waals surface area contributed by atoms with Gasteiger partial charge in [-0.25, -0.2) is 4.79 Å². The summed E-state index contributed by atoms with van der Waals surface area (Å²) in [7, 11) is 1.48. The number of carbonyl (C=O) groups is 3. The lowest BCUT2D eigenvalue weighted by atomic mass is 9.88. The second-order valence-corrected chi connectivity index (χ2v) is 6.62. The molecule has 0 aliphatic heterocycles. The lowest BCUT2D eigenvalue weighted by Crippen LogP contribution is -2.57. The first-order valence-electron chi connectivity index (χ1n) is 8.86. The zero-order chi connectivity index (χ0) is 19.9. The fourth-order valence-electron chi connectivity index (χ4n) is 3.38. The van der Waals surface area contributed by atoms with Gasteiger partial charge in [0.05, 0.1) is 12.3 Å². The van der Waals surface area contributed by atoms with Crippen molar-refractivity contribution in [3.8, 4) is 0 Å². The standard InChI is InChI=1S/C19H26N4O4/c1-21-18(27)23-19(12-25)8-4-7-15(19)10-22-17(26)16(20)9-13-5-2-3-6-14(13)11-24/h2-3,5-6,9,12,15,24H,4,7-8,10-11,20H2,1H3,(H,22,26)(H2,21,23,27)/b16-9-. The highest BCUT2D eigenvalue weighted by Crippen LogP contribution is 2.34. The van der Waals surface area contributed by atoms with Gasteiger partial charge in [0.2, 0.25) is 0 Å². The van der Waals surface area contributed by atoms with Crippen molar-refractivity contribution in [1.82, 2.24) is 16.0 Å². The van der Waals surface area contributed by atoms with Gasteiger partial charge in [0.15, 0.2) is 0 Å². The van der Waals surface area contributed by atoms with E-state index < -0.39 is 17.5 Å². The first-order chi connectivity index (χ1) is 13.0. The number of rotatable bonds is 7. The summed E-state index contributed by atoms with van der Waals surface area (Å²) >= 11 is 0. The van der Waals surface area contributed by atoms with Crippen molar-refractivity contribution >= 4 is 24.3 Å². The van der Waals surface area contributed by atoms with Gasteiger partial charge in [-0.3, -0.25) is 4.79 Å². The van der Waals surface area contributed by atoms with Gasteiger partial charge >= 0.3 is 6.03 Å². The van der Waals surface area contributed by atoms with Gasteiger partial charge in [0.1, 0.15) is 11.8 Å². The fourth-order valence-corrected chi connectivity index (χ4v) is 3.38. The Labute approximate surface area is 158 Å². The summed E-state index contributed by atoms with van der Waals surface area (Å²) in [6.07, 6.45) is 4.27. The van der Waals surface area contributed by atoms with Crippen molar-refractivity contribution in [2.45, 2.75) is 31.4 Å². The molecular formula is C19H26N4O4. The van der Waals surface area contributed by atoms with E-state index in [-0.39, 0.29) is 24.8 Å². The van der Waals surface area contributed by atoms with Crippen molar-refractivity contribution < 1.29 is 19.5 Å². The van der Waals surface area contributed by atoms with Gasteiger partial charge in [-0.2, -0.15) is 0 Å². The predicted molar refractivity (Wildman–Crippen MR) is 101 cm³/mol. The number of aliphatic hydroxyl groups excluding tert-OH is 1. The van der Waals surface area contributed by atoms with Crippen molar-refractivity contribution in [2.24, 2.45) is 11.7 Å². The van der Waals surface area contributed by atoms with Crippen LogP contribution in [0.3, 0.4) is 0 Å². The predicted octanol–water partition coefficient (Wildman–Crippen LogP) is 0.262. The number of nitrogens with one attached hydrogen (secondary N) is 3. The van der Waals surface area contributed by atoms with Crippen LogP contribution in [0.15, 0.2) is 30.0 Å². The van der Waals surface area contributed by atoms with Crippen LogP contribution in [-0.4, -0.2) is 42.5 Å². The van der Waals surface area contributed by atoms with E-state index in [1.54, 1.807) is 24.3 Å². The van der Waals surface area contributed by atoms with Crippen molar-refractivity contribution in [3.63, 3.8) is 0 Å². The Kier molecular flexibility index (Phi) is 6.95. The fraction of sp³-hybridized carbons (Fsp3) is 0.421. The Balaban J connectivity index is 2.04. The molecule has 0 saturated heterocycles. The molecule has 1 aromatic carbocycles. The smallest absolute Gasteiger partial charge is 0.315 e. The van der Waals surface area contributed by atoms with Crippen LogP contribution >= 0.6 is 0 Å². The van der Waals surface area contributed by atoms with Crippen LogP contribution in [0.5, 0.6) is 0 Å². The summed E-state index contributed by atoms with van der Waals surface area (Å²) < 4.78 is 0. The highest BCUT2D eigenvalue weighted by molar-refractivity contribution is 5.97. The minimum atomic E-state index is -0.991. The summed E-state index contributed by atoms with van der Waals surface area (Å²) in [5.74, 6) is -0.678. The minimum absolute atomic E-state index is 0.00450. The van der Waals surface area contributed by atoms with E-state index in [0.717, 1.165) is 12.7 Å². The molecule has 0 bridgehead atoms. The van der Waals surface area contributed by atoms with E-state index in [4.69, 9.17) is 5.73 Å². The zero-order valence-electron chi connectivity index (χ0n) is 15.3. The summed E-state index contributed by atoms with van der Waals surface area (Å²) in [6, 6.07) is 6.65. The molecule has 8 heteroatoms. The molecular weight excluding hydrogens is 348 g/mol. The third-order valence-corrected chi connectivity index (χ3v) is 4.96. The number of hydrogen-bond acceptors (Lipinski definition) is 5. The van der Waals surface area contributed by atoms with E-state index in [2.05, 4.69) is 16.0 Å². The van der Waals surface area contributed by atoms with Gasteiger partial charge < -0.3 is 31.6 Å². The maximum absolute atomic E-state index is 12.3. The highest BCUT2D eigenvalue weighted by Gasteiger charge is 2.44. The number of aldehydes is 1. The van der Waals surface area contributed by atoms with Gasteiger partial charge in [0, 0.05) is 19.5 Å². The monoisotopic (exact) mass is 374 g/mol. The summed E-state index contributed by atoms with van der Waals surface area (Å²) in [4.78, 5) is 35.7. The summed E-state index contributed by atoms with van der Waals surface area (Å²) in [5.41, 5.74) is 6.22. The van der Waals surface area contributed by atoms with Crippen molar-refractivity contribution in [2.75, 3.05) is 13.6 Å². The van der Waals surface area contributed by atoms with Gasteiger partial charge in [-0.1, -0.05) is 30.7 Å². The van der Waals surface area contributed by atoms with Crippen LogP contribution in [0.4, 0.5) is 4.79 Å². The second kappa shape index (κ2) is 9.18. The Morgan fingerprint density at radius 2 is 2.11 bits per heavy atom. The Morgan fingerprint density at radius 1 is 1.37 bits per heavy atom. The molecule has 0 spiro atoms. The van der Waals surface area contributed by atoms with E-state index in [0.29, 0.717) is 24.0 Å². The Hall–Kier alpha value is -2.87. The van der Waals surface area contributed by atoms with Crippen LogP contribution < -0.4 is 21.7 Å². The molecule has 0 aromatic heterocycles. The molecule has 27 heavy (non-hydrogen) atoms. The first kappa shape index (κ1) is 20.4. The Morgan fingerprint density at radius 3 is 2.78 bits per heavy atom. The number of benzene rings is 1. The van der Waals surface area contributed by atoms with Crippen LogP contribution in [-0.2, 0) is 16.2 Å². The average Bonchev–Trinajstić information content (AvgIpc) is 3.08. The third-order valence-electron chi connectivity index (χ3n) is 4.96. The number of amides is 3. The lowest BCUT2D eigenvalue weighted by molar-refractivity contribution is -0.119. The molecule has 0 heterocycles. The summed E-state index contributed by atoms with van der Waals surface area (Å²) in [6.45, 7) is 0.0639. The third kappa shape index (κ3) is 4.85. The molecule has 2 unspecified atom stereocenters. The molecule has 1 saturated carbocycles. The van der Waals surface area contributed by atoms with Crippen LogP contribution in [0.2, 0.25) is 0 Å². The zero-order valence-corrected chi connectivity index (χ0v) is 15.3. The quantitative estimate of drug-likeness (QED) is 0.345. The number of nitrogens with two attached hydrogens (primary N) is 1. The van der Waals surface area contributed by atoms with Gasteiger partial charge in [0.25, 0.3) is 5.91 Å². The normalized spacial score (nSPS) is 22.1. The highest BCUT2D eigenvalue weighted by atomic mass is 16.3. The molecule has 6 N–H and O–H groups in total. The maximum Gasteiger partial charge on any atom is 0.315 e. The first-order valence-corrected chi connectivity index (χ1v) is 8.86. The van der Waals surface area contributed by atoms with Crippen molar-refractivity contribution in [3.05, 3.63) is 41.1 Å². The molecule has 1 aliphatic rings. The molecule has 1 aliphatic carbocycles. The molecule has 146 valence electrons. The van der Waals surface area contributed by atoms with Gasteiger partial charge in [-0.05, 0) is 30.0 Å². The van der Waals surface area contributed by atoms with Crippen LogP contribution in [0.25, 0.3) is 6.08 Å². The largest absolute Gasteiger partial charge is 0.394 e. The van der Waals surface area contributed by atoms with Crippen LogP contribution in [0.1, 0.15) is 30.4 Å². The van der Waals surface area contributed by atoms with Crippen molar-refractivity contribution in [1.29, 1.82) is 0 Å². The minimum Gasteiger partial charge on any atom is -0.394 e. The SMILES string of the molecule is CNC(=O)NC1(C=O)CCCC1CNC(=O)/C(N)=C/c1ccccc1CO. The number of hydrogen-bond donors (Lipinski definition) is 5. The molecule has 2 atom stereocenters. The van der Waals surface area contributed by atoms with E-state index >= 15 is 0 Å². The van der Waals surface area contributed by atoms with E-state index in [1.165, 1.54) is 13.1 Å². The maximum atomic E-state index is 12.3. The van der Waals surface area contributed by atoms with Gasteiger partial charge in [-0.15, -0.1) is 0 Å². The second-order valence-electron chi connectivity index (χ2n) is 6.62. The molecule has 3 amide bonds. The Bertz CT molecular complexity index is 734.